The van der Waals surface area contributed by atoms with Gasteiger partial charge in [-0.05, 0) is 66.6 Å². The molecule has 1 amide bonds. The fourth-order valence-corrected chi connectivity index (χ4v) is 4.37. The number of rotatable bonds is 6. The molecule has 0 aliphatic rings. The van der Waals surface area contributed by atoms with Crippen LogP contribution in [-0.4, -0.2) is 28.2 Å². The summed E-state index contributed by atoms with van der Waals surface area (Å²) in [7, 11) is 1.65. The van der Waals surface area contributed by atoms with Gasteiger partial charge in [0.25, 0.3) is 5.91 Å². The van der Waals surface area contributed by atoms with Gasteiger partial charge in [0, 0.05) is 22.7 Å². The first-order valence-electron chi connectivity index (χ1n) is 11.9. The summed E-state index contributed by atoms with van der Waals surface area (Å²) in [4.78, 5) is 20.0. The van der Waals surface area contributed by atoms with Crippen LogP contribution in [0, 0.1) is 6.92 Å². The summed E-state index contributed by atoms with van der Waals surface area (Å²) in [6.45, 7) is 2.34. The highest BCUT2D eigenvalue weighted by molar-refractivity contribution is 6.08. The lowest BCUT2D eigenvalue weighted by Crippen LogP contribution is -2.30. The number of hydrogen-bond acceptors (Lipinski definition) is 5. The first-order valence-corrected chi connectivity index (χ1v) is 11.9. The van der Waals surface area contributed by atoms with E-state index < -0.39 is 0 Å². The van der Waals surface area contributed by atoms with Crippen LogP contribution >= 0.6 is 0 Å². The fourth-order valence-electron chi connectivity index (χ4n) is 4.37. The van der Waals surface area contributed by atoms with E-state index in [1.807, 2.05) is 79.7 Å². The Morgan fingerprint density at radius 3 is 2.35 bits per heavy atom. The van der Waals surface area contributed by atoms with E-state index in [4.69, 9.17) is 9.72 Å². The Kier molecular flexibility index (Phi) is 6.47. The molecule has 6 nitrogen and oxygen atoms in total. The van der Waals surface area contributed by atoms with E-state index in [2.05, 4.69) is 6.07 Å². The second kappa shape index (κ2) is 10.0. The molecule has 184 valence electrons. The van der Waals surface area contributed by atoms with Gasteiger partial charge in [0.2, 0.25) is 0 Å². The Balaban J connectivity index is 1.51. The Morgan fingerprint density at radius 1 is 0.892 bits per heavy atom. The normalized spacial score (nSPS) is 10.9. The molecule has 0 unspecified atom stereocenters. The fraction of sp³-hybridized carbons (Fsp3) is 0.0968. The van der Waals surface area contributed by atoms with Crippen molar-refractivity contribution in [2.75, 3.05) is 12.0 Å². The maximum atomic E-state index is 13.6. The van der Waals surface area contributed by atoms with Crippen molar-refractivity contribution in [1.82, 2.24) is 4.98 Å². The number of aromatic nitrogens is 1. The molecule has 0 radical (unpaired) electrons. The summed E-state index contributed by atoms with van der Waals surface area (Å²) in [5, 5.41) is 21.0. The van der Waals surface area contributed by atoms with Crippen molar-refractivity contribution in [2.24, 2.45) is 0 Å². The first kappa shape index (κ1) is 23.9. The smallest absolute Gasteiger partial charge is 0.262 e. The van der Waals surface area contributed by atoms with Gasteiger partial charge in [0.15, 0.2) is 0 Å². The largest absolute Gasteiger partial charge is 0.508 e. The molecule has 0 saturated carbocycles. The van der Waals surface area contributed by atoms with Gasteiger partial charge in [0.1, 0.15) is 17.2 Å². The van der Waals surface area contributed by atoms with Gasteiger partial charge in [0.05, 0.1) is 30.4 Å². The number of aryl methyl sites for hydroxylation is 1. The van der Waals surface area contributed by atoms with E-state index in [1.54, 1.807) is 12.0 Å². The summed E-state index contributed by atoms with van der Waals surface area (Å²) in [5.41, 5.74) is 5.42. The number of phenolic OH excluding ortho intramolecular Hbond substituents is 2. The highest BCUT2D eigenvalue weighted by Gasteiger charge is 2.22. The lowest BCUT2D eigenvalue weighted by Gasteiger charge is -2.24. The standard InChI is InChI=1S/C31H26N2O4/c1-20-16-23-17-26(37-2)13-15-28(23)32-30(20)22-8-10-24(11-9-22)33(19-21-6-4-3-5-7-21)31(36)27-14-12-25(34)18-29(27)35/h3-18,34-35H,19H2,1-2H3. The van der Waals surface area contributed by atoms with Crippen LogP contribution < -0.4 is 9.64 Å². The topological polar surface area (TPSA) is 82.9 Å². The van der Waals surface area contributed by atoms with Crippen molar-refractivity contribution in [2.45, 2.75) is 13.5 Å². The Labute approximate surface area is 215 Å². The number of benzene rings is 4. The highest BCUT2D eigenvalue weighted by Crippen LogP contribution is 2.31. The Bertz CT molecular complexity index is 1580. The molecule has 37 heavy (non-hydrogen) atoms. The molecule has 0 atom stereocenters. The predicted octanol–water partition coefficient (Wildman–Crippen LogP) is 6.48. The summed E-state index contributed by atoms with van der Waals surface area (Å²) in [6, 6.07) is 29.2. The maximum Gasteiger partial charge on any atom is 0.262 e. The minimum Gasteiger partial charge on any atom is -0.508 e. The molecule has 1 aromatic heterocycles. The van der Waals surface area contributed by atoms with E-state index >= 15 is 0 Å². The number of carbonyl (C=O) groups excluding carboxylic acids is 1. The summed E-state index contributed by atoms with van der Waals surface area (Å²) in [6.07, 6.45) is 0. The molecule has 4 aromatic carbocycles. The van der Waals surface area contributed by atoms with Crippen molar-refractivity contribution in [3.63, 3.8) is 0 Å². The Hall–Kier alpha value is -4.84. The summed E-state index contributed by atoms with van der Waals surface area (Å²) >= 11 is 0. The second-order valence-electron chi connectivity index (χ2n) is 8.84. The van der Waals surface area contributed by atoms with Gasteiger partial charge in [-0.2, -0.15) is 0 Å². The molecular formula is C31H26N2O4. The monoisotopic (exact) mass is 490 g/mol. The average Bonchev–Trinajstić information content (AvgIpc) is 2.91. The first-order chi connectivity index (χ1) is 17.9. The third-order valence-corrected chi connectivity index (χ3v) is 6.31. The Morgan fingerprint density at radius 2 is 1.65 bits per heavy atom. The van der Waals surface area contributed by atoms with Crippen LogP contribution in [0.2, 0.25) is 0 Å². The number of phenols is 2. The van der Waals surface area contributed by atoms with E-state index in [9.17, 15) is 15.0 Å². The molecule has 0 saturated heterocycles. The molecule has 5 rings (SSSR count). The average molecular weight is 491 g/mol. The zero-order valence-corrected chi connectivity index (χ0v) is 20.6. The van der Waals surface area contributed by atoms with Crippen LogP contribution in [-0.2, 0) is 6.54 Å². The minimum absolute atomic E-state index is 0.107. The van der Waals surface area contributed by atoms with Crippen LogP contribution in [0.3, 0.4) is 0 Å². The van der Waals surface area contributed by atoms with E-state index in [0.29, 0.717) is 12.2 Å². The van der Waals surface area contributed by atoms with Crippen LogP contribution in [0.15, 0.2) is 97.1 Å². The molecule has 2 N–H and O–H groups in total. The van der Waals surface area contributed by atoms with E-state index in [-0.39, 0.29) is 23.0 Å². The molecule has 0 spiro atoms. The van der Waals surface area contributed by atoms with Gasteiger partial charge in [-0.3, -0.25) is 4.79 Å². The molecule has 0 aliphatic carbocycles. The molecule has 1 heterocycles. The maximum absolute atomic E-state index is 13.6. The van der Waals surface area contributed by atoms with Gasteiger partial charge >= 0.3 is 0 Å². The number of anilines is 1. The number of aromatic hydroxyl groups is 2. The number of nitrogens with zero attached hydrogens (tertiary/aromatic N) is 2. The van der Waals surface area contributed by atoms with Crippen LogP contribution in [0.5, 0.6) is 17.2 Å². The van der Waals surface area contributed by atoms with Gasteiger partial charge < -0.3 is 19.8 Å². The van der Waals surface area contributed by atoms with E-state index in [1.165, 1.54) is 18.2 Å². The third kappa shape index (κ3) is 4.95. The van der Waals surface area contributed by atoms with Crippen LogP contribution in [0.4, 0.5) is 5.69 Å². The summed E-state index contributed by atoms with van der Waals surface area (Å²) in [5.74, 6) is 0.0358. The number of hydrogen-bond donors (Lipinski definition) is 2. The number of ether oxygens (including phenoxy) is 1. The van der Waals surface area contributed by atoms with Crippen molar-refractivity contribution in [3.05, 3.63) is 114 Å². The van der Waals surface area contributed by atoms with Crippen molar-refractivity contribution < 1.29 is 19.7 Å². The number of methoxy groups -OCH3 is 1. The molecule has 5 aromatic rings. The van der Waals surface area contributed by atoms with Gasteiger partial charge in [-0.25, -0.2) is 4.98 Å². The van der Waals surface area contributed by atoms with Crippen LogP contribution in [0.25, 0.3) is 22.2 Å². The van der Waals surface area contributed by atoms with Crippen molar-refractivity contribution in [3.8, 4) is 28.5 Å². The third-order valence-electron chi connectivity index (χ3n) is 6.31. The van der Waals surface area contributed by atoms with Crippen molar-refractivity contribution in [1.29, 1.82) is 0 Å². The zero-order chi connectivity index (χ0) is 25.9. The molecule has 6 heteroatoms. The lowest BCUT2D eigenvalue weighted by atomic mass is 10.0. The SMILES string of the molecule is COc1ccc2nc(-c3ccc(N(Cc4ccccc4)C(=O)c4ccc(O)cc4O)cc3)c(C)cc2c1. The second-order valence-corrected chi connectivity index (χ2v) is 8.84. The number of amides is 1. The lowest BCUT2D eigenvalue weighted by molar-refractivity contribution is 0.0982. The molecule has 0 aliphatic heterocycles. The van der Waals surface area contributed by atoms with Crippen LogP contribution in [0.1, 0.15) is 21.5 Å². The minimum atomic E-state index is -0.372. The highest BCUT2D eigenvalue weighted by atomic mass is 16.5. The number of pyridine rings is 1. The zero-order valence-electron chi connectivity index (χ0n) is 20.6. The molecule has 0 bridgehead atoms. The quantitative estimate of drug-likeness (QED) is 0.285. The van der Waals surface area contributed by atoms with Gasteiger partial charge in [-0.1, -0.05) is 42.5 Å². The van der Waals surface area contributed by atoms with E-state index in [0.717, 1.165) is 39.0 Å². The molecular weight excluding hydrogens is 464 g/mol. The number of carbonyl (C=O) groups is 1. The summed E-state index contributed by atoms with van der Waals surface area (Å²) < 4.78 is 5.33. The van der Waals surface area contributed by atoms with Crippen molar-refractivity contribution >= 4 is 22.5 Å². The predicted molar refractivity (Wildman–Crippen MR) is 145 cm³/mol. The number of fused-ring (bicyclic) bond motifs is 1. The van der Waals surface area contributed by atoms with Gasteiger partial charge in [-0.15, -0.1) is 0 Å². The molecule has 0 fully saturated rings.